The van der Waals surface area contributed by atoms with E-state index in [1.54, 1.807) is 0 Å². The Hall–Kier alpha value is -0.0800. The first-order valence-corrected chi connectivity index (χ1v) is 6.68. The third kappa shape index (κ3) is 4.98. The van der Waals surface area contributed by atoms with E-state index in [1.807, 2.05) is 0 Å². The fourth-order valence-electron chi connectivity index (χ4n) is 2.50. The molecule has 0 radical (unpaired) electrons. The maximum Gasteiger partial charge on any atom is 0.00671 e. The van der Waals surface area contributed by atoms with E-state index in [0.717, 1.165) is 18.5 Å². The Kier molecular flexibility index (Phi) is 6.26. The van der Waals surface area contributed by atoms with Crippen LogP contribution in [0.4, 0.5) is 0 Å². The summed E-state index contributed by atoms with van der Waals surface area (Å²) in [4.78, 5) is 2.68. The fourth-order valence-corrected chi connectivity index (χ4v) is 2.50. The van der Waals surface area contributed by atoms with Crippen molar-refractivity contribution in [1.82, 2.24) is 4.90 Å². The van der Waals surface area contributed by atoms with Gasteiger partial charge in [0.25, 0.3) is 0 Å². The van der Waals surface area contributed by atoms with Gasteiger partial charge in [0, 0.05) is 12.6 Å². The van der Waals surface area contributed by atoms with Crippen LogP contribution in [0.25, 0.3) is 0 Å². The van der Waals surface area contributed by atoms with Crippen LogP contribution in [0.2, 0.25) is 0 Å². The van der Waals surface area contributed by atoms with Crippen LogP contribution in [-0.4, -0.2) is 30.6 Å². The van der Waals surface area contributed by atoms with E-state index in [4.69, 9.17) is 5.73 Å². The Bertz CT molecular complexity index is 159. The van der Waals surface area contributed by atoms with Crippen LogP contribution in [0.5, 0.6) is 0 Å². The van der Waals surface area contributed by atoms with Crippen molar-refractivity contribution in [3.63, 3.8) is 0 Å². The summed E-state index contributed by atoms with van der Waals surface area (Å²) in [7, 11) is 0. The van der Waals surface area contributed by atoms with E-state index in [2.05, 4.69) is 18.7 Å². The molecule has 0 aliphatic carbocycles. The van der Waals surface area contributed by atoms with Gasteiger partial charge in [0.2, 0.25) is 0 Å². The Balaban J connectivity index is 2.08. The smallest absolute Gasteiger partial charge is 0.00671 e. The number of nitrogens with zero attached hydrogens (tertiary/aromatic N) is 1. The Morgan fingerprint density at radius 1 is 1.07 bits per heavy atom. The van der Waals surface area contributed by atoms with Crippen molar-refractivity contribution in [1.29, 1.82) is 0 Å². The van der Waals surface area contributed by atoms with Gasteiger partial charge in [0.1, 0.15) is 0 Å². The summed E-state index contributed by atoms with van der Waals surface area (Å²) >= 11 is 0. The van der Waals surface area contributed by atoms with Gasteiger partial charge in [-0.3, -0.25) is 0 Å². The molecular formula is C13H28N2. The van der Waals surface area contributed by atoms with Gasteiger partial charge in [0.05, 0.1) is 0 Å². The summed E-state index contributed by atoms with van der Waals surface area (Å²) in [6, 6.07) is 0.815. The van der Waals surface area contributed by atoms with E-state index in [9.17, 15) is 0 Å². The number of piperidine rings is 1. The SMILES string of the molecule is CC1CCC(C)N(CCCCCCN)C1. The molecule has 2 heteroatoms. The minimum absolute atomic E-state index is 0.815. The maximum atomic E-state index is 5.48. The second-order valence-corrected chi connectivity index (χ2v) is 5.23. The molecule has 0 spiro atoms. The van der Waals surface area contributed by atoms with Crippen LogP contribution in [0, 0.1) is 5.92 Å². The number of rotatable bonds is 6. The number of hydrogen-bond donors (Lipinski definition) is 1. The highest BCUT2D eigenvalue weighted by atomic mass is 15.2. The van der Waals surface area contributed by atoms with Gasteiger partial charge < -0.3 is 10.6 Å². The van der Waals surface area contributed by atoms with Gasteiger partial charge in [-0.25, -0.2) is 0 Å². The minimum atomic E-state index is 0.815. The lowest BCUT2D eigenvalue weighted by molar-refractivity contribution is 0.122. The van der Waals surface area contributed by atoms with Gasteiger partial charge in [-0.1, -0.05) is 19.8 Å². The van der Waals surface area contributed by atoms with E-state index >= 15 is 0 Å². The Labute approximate surface area is 95.2 Å². The van der Waals surface area contributed by atoms with Gasteiger partial charge in [-0.15, -0.1) is 0 Å². The van der Waals surface area contributed by atoms with Crippen molar-refractivity contribution in [2.75, 3.05) is 19.6 Å². The third-order valence-electron chi connectivity index (χ3n) is 3.65. The maximum absolute atomic E-state index is 5.48. The summed E-state index contributed by atoms with van der Waals surface area (Å²) in [5.74, 6) is 0.908. The number of likely N-dealkylation sites (tertiary alicyclic amines) is 1. The third-order valence-corrected chi connectivity index (χ3v) is 3.65. The molecule has 90 valence electrons. The minimum Gasteiger partial charge on any atom is -0.330 e. The topological polar surface area (TPSA) is 29.3 Å². The highest BCUT2D eigenvalue weighted by Crippen LogP contribution is 2.21. The van der Waals surface area contributed by atoms with Crippen molar-refractivity contribution >= 4 is 0 Å². The van der Waals surface area contributed by atoms with Crippen molar-refractivity contribution in [2.45, 2.75) is 58.4 Å². The summed E-state index contributed by atoms with van der Waals surface area (Å²) < 4.78 is 0. The molecule has 2 nitrogen and oxygen atoms in total. The lowest BCUT2D eigenvalue weighted by Gasteiger charge is -2.36. The first-order chi connectivity index (χ1) is 7.24. The number of unbranched alkanes of at least 4 members (excludes halogenated alkanes) is 3. The zero-order valence-corrected chi connectivity index (χ0v) is 10.5. The summed E-state index contributed by atoms with van der Waals surface area (Å²) in [6.07, 6.45) is 8.04. The molecule has 15 heavy (non-hydrogen) atoms. The molecule has 0 saturated carbocycles. The van der Waals surface area contributed by atoms with Gasteiger partial charge >= 0.3 is 0 Å². The van der Waals surface area contributed by atoms with Crippen LogP contribution in [-0.2, 0) is 0 Å². The average molecular weight is 212 g/mol. The molecule has 0 aromatic heterocycles. The monoisotopic (exact) mass is 212 g/mol. The summed E-state index contributed by atoms with van der Waals surface area (Å²) in [5, 5.41) is 0. The predicted molar refractivity (Wildman–Crippen MR) is 67.0 cm³/mol. The van der Waals surface area contributed by atoms with Crippen LogP contribution in [0.1, 0.15) is 52.4 Å². The van der Waals surface area contributed by atoms with E-state index in [1.165, 1.54) is 51.6 Å². The predicted octanol–water partition coefficient (Wildman–Crippen LogP) is 2.63. The number of hydrogen-bond acceptors (Lipinski definition) is 2. The molecule has 0 amide bonds. The fraction of sp³-hybridized carbons (Fsp3) is 1.00. The second-order valence-electron chi connectivity index (χ2n) is 5.23. The van der Waals surface area contributed by atoms with Crippen LogP contribution in [0.15, 0.2) is 0 Å². The molecule has 1 saturated heterocycles. The summed E-state index contributed by atoms with van der Waals surface area (Å²) in [6.45, 7) is 8.24. The van der Waals surface area contributed by atoms with Crippen molar-refractivity contribution in [3.8, 4) is 0 Å². The van der Waals surface area contributed by atoms with Crippen LogP contribution < -0.4 is 5.73 Å². The first kappa shape index (κ1) is 13.0. The molecule has 2 unspecified atom stereocenters. The molecule has 0 aromatic carbocycles. The highest BCUT2D eigenvalue weighted by Gasteiger charge is 2.21. The summed E-state index contributed by atoms with van der Waals surface area (Å²) in [5.41, 5.74) is 5.48. The largest absolute Gasteiger partial charge is 0.330 e. The van der Waals surface area contributed by atoms with Gasteiger partial charge in [-0.2, -0.15) is 0 Å². The highest BCUT2D eigenvalue weighted by molar-refractivity contribution is 4.76. The molecule has 1 aliphatic rings. The quantitative estimate of drug-likeness (QED) is 0.686. The van der Waals surface area contributed by atoms with Gasteiger partial charge in [-0.05, 0) is 51.6 Å². The van der Waals surface area contributed by atoms with Crippen molar-refractivity contribution in [2.24, 2.45) is 11.7 Å². The Morgan fingerprint density at radius 2 is 1.80 bits per heavy atom. The van der Waals surface area contributed by atoms with E-state index in [-0.39, 0.29) is 0 Å². The average Bonchev–Trinajstić information content (AvgIpc) is 2.23. The van der Waals surface area contributed by atoms with E-state index < -0.39 is 0 Å². The second kappa shape index (κ2) is 7.24. The normalized spacial score (nSPS) is 28.2. The molecule has 1 rings (SSSR count). The van der Waals surface area contributed by atoms with Crippen LogP contribution in [0.3, 0.4) is 0 Å². The zero-order chi connectivity index (χ0) is 11.1. The molecule has 2 atom stereocenters. The molecule has 1 fully saturated rings. The Morgan fingerprint density at radius 3 is 2.53 bits per heavy atom. The number of nitrogens with two attached hydrogens (primary N) is 1. The molecule has 0 bridgehead atoms. The first-order valence-electron chi connectivity index (χ1n) is 6.68. The van der Waals surface area contributed by atoms with E-state index in [0.29, 0.717) is 0 Å². The standard InChI is InChI=1S/C13H28N2/c1-12-7-8-13(2)15(11-12)10-6-4-3-5-9-14/h12-13H,3-11,14H2,1-2H3. The van der Waals surface area contributed by atoms with Crippen molar-refractivity contribution < 1.29 is 0 Å². The lowest BCUT2D eigenvalue weighted by atomic mass is 9.95. The van der Waals surface area contributed by atoms with Crippen molar-refractivity contribution in [3.05, 3.63) is 0 Å². The molecule has 0 aromatic rings. The molecular weight excluding hydrogens is 184 g/mol. The lowest BCUT2D eigenvalue weighted by Crippen LogP contribution is -2.41. The molecule has 1 heterocycles. The molecule has 2 N–H and O–H groups in total. The van der Waals surface area contributed by atoms with Gasteiger partial charge in [0.15, 0.2) is 0 Å². The molecule has 1 aliphatic heterocycles. The van der Waals surface area contributed by atoms with Crippen LogP contribution >= 0.6 is 0 Å². The zero-order valence-electron chi connectivity index (χ0n) is 10.5.